The van der Waals surface area contributed by atoms with Crippen molar-refractivity contribution in [1.29, 1.82) is 0 Å². The quantitative estimate of drug-likeness (QED) is 0.433. The average molecular weight is 160 g/mol. The summed E-state index contributed by atoms with van der Waals surface area (Å²) in [6, 6.07) is -1.91. The molecule has 0 aromatic heterocycles. The van der Waals surface area contributed by atoms with E-state index in [0.29, 0.717) is 19.3 Å². The van der Waals surface area contributed by atoms with Crippen LogP contribution in [0, 0.1) is 20.2 Å². The Morgan fingerprint density at radius 1 is 1.00 bits per heavy atom. The molecular formula is C5H8N2O4. The Kier molecular flexibility index (Phi) is 2.02. The van der Waals surface area contributed by atoms with Gasteiger partial charge in [-0.15, -0.1) is 0 Å². The van der Waals surface area contributed by atoms with E-state index in [1.165, 1.54) is 0 Å². The molecule has 2 atom stereocenters. The first kappa shape index (κ1) is 7.90. The van der Waals surface area contributed by atoms with Crippen molar-refractivity contribution in [2.45, 2.75) is 31.3 Å². The molecule has 0 aromatic rings. The Balaban J connectivity index is 2.65. The smallest absolute Gasteiger partial charge is 0.264 e. The Hall–Kier alpha value is -1.20. The summed E-state index contributed by atoms with van der Waals surface area (Å²) in [6.45, 7) is 0. The molecule has 0 heterocycles. The highest BCUT2D eigenvalue weighted by Crippen LogP contribution is 2.23. The van der Waals surface area contributed by atoms with E-state index in [-0.39, 0.29) is 0 Å². The van der Waals surface area contributed by atoms with Crippen LogP contribution >= 0.6 is 0 Å². The van der Waals surface area contributed by atoms with Crippen molar-refractivity contribution >= 4 is 0 Å². The lowest BCUT2D eigenvalue weighted by Crippen LogP contribution is -2.34. The Bertz CT molecular complexity index is 173. The molecule has 11 heavy (non-hydrogen) atoms. The van der Waals surface area contributed by atoms with Gasteiger partial charge in [0.25, 0.3) is 12.1 Å². The molecule has 1 rings (SSSR count). The van der Waals surface area contributed by atoms with Crippen molar-refractivity contribution in [3.05, 3.63) is 20.2 Å². The minimum Gasteiger partial charge on any atom is -0.264 e. The fourth-order valence-corrected chi connectivity index (χ4v) is 1.41. The van der Waals surface area contributed by atoms with Crippen molar-refractivity contribution in [3.63, 3.8) is 0 Å². The Labute approximate surface area is 62.5 Å². The lowest BCUT2D eigenvalue weighted by Gasteiger charge is -2.03. The third-order valence-electron chi connectivity index (χ3n) is 1.99. The largest absolute Gasteiger partial charge is 0.279 e. The maximum atomic E-state index is 10.2. The number of nitrogens with zero attached hydrogens (tertiary/aromatic N) is 2. The van der Waals surface area contributed by atoms with Gasteiger partial charge < -0.3 is 0 Å². The summed E-state index contributed by atoms with van der Waals surface area (Å²) in [4.78, 5) is 19.4. The molecule has 1 aliphatic rings. The van der Waals surface area contributed by atoms with Gasteiger partial charge >= 0.3 is 0 Å². The van der Waals surface area contributed by atoms with Gasteiger partial charge in [0, 0.05) is 22.7 Å². The van der Waals surface area contributed by atoms with Gasteiger partial charge in [0.2, 0.25) is 0 Å². The first-order valence-electron chi connectivity index (χ1n) is 3.40. The first-order valence-corrected chi connectivity index (χ1v) is 3.40. The zero-order valence-corrected chi connectivity index (χ0v) is 5.80. The summed E-state index contributed by atoms with van der Waals surface area (Å²) >= 11 is 0. The van der Waals surface area contributed by atoms with Crippen LogP contribution in [-0.2, 0) is 0 Å². The number of nitro groups is 2. The van der Waals surface area contributed by atoms with Crippen LogP contribution in [0.25, 0.3) is 0 Å². The van der Waals surface area contributed by atoms with Crippen LogP contribution in [0.15, 0.2) is 0 Å². The molecule has 0 amide bonds. The molecule has 0 spiro atoms. The van der Waals surface area contributed by atoms with Crippen molar-refractivity contribution in [3.8, 4) is 0 Å². The fraction of sp³-hybridized carbons (Fsp3) is 1.00. The van der Waals surface area contributed by atoms with Crippen LogP contribution in [0.3, 0.4) is 0 Å². The lowest BCUT2D eigenvalue weighted by atomic mass is 10.2. The molecule has 0 N–H and O–H groups in total. The molecule has 62 valence electrons. The van der Waals surface area contributed by atoms with Gasteiger partial charge in [0.1, 0.15) is 0 Å². The van der Waals surface area contributed by atoms with Crippen LogP contribution in [-0.4, -0.2) is 21.9 Å². The van der Waals surface area contributed by atoms with Crippen molar-refractivity contribution < 1.29 is 9.85 Å². The summed E-state index contributed by atoms with van der Waals surface area (Å²) in [5, 5.41) is 20.4. The van der Waals surface area contributed by atoms with Crippen molar-refractivity contribution in [2.24, 2.45) is 0 Å². The lowest BCUT2D eigenvalue weighted by molar-refractivity contribution is -0.611. The monoisotopic (exact) mass is 160 g/mol. The van der Waals surface area contributed by atoms with E-state index in [2.05, 4.69) is 0 Å². The normalized spacial score (nSPS) is 30.2. The van der Waals surface area contributed by atoms with Crippen LogP contribution in [0.4, 0.5) is 0 Å². The highest BCUT2D eigenvalue weighted by molar-refractivity contribution is 4.76. The standard InChI is InChI=1S/C5H8N2O4/c8-6(9)4-2-1-3-5(4)7(10)11/h4-5H,1-3H2. The van der Waals surface area contributed by atoms with Gasteiger partial charge in [0.15, 0.2) is 0 Å². The zero-order chi connectivity index (χ0) is 8.43. The average Bonchev–Trinajstić information content (AvgIpc) is 2.32. The molecule has 0 saturated heterocycles. The van der Waals surface area contributed by atoms with Gasteiger partial charge in [-0.2, -0.15) is 0 Å². The summed E-state index contributed by atoms with van der Waals surface area (Å²) in [5.41, 5.74) is 0. The number of hydrogen-bond donors (Lipinski definition) is 0. The predicted molar refractivity (Wildman–Crippen MR) is 35.4 cm³/mol. The molecule has 0 aliphatic heterocycles. The molecule has 2 unspecified atom stereocenters. The summed E-state index contributed by atoms with van der Waals surface area (Å²) < 4.78 is 0. The molecule has 1 aliphatic carbocycles. The second-order valence-corrected chi connectivity index (χ2v) is 2.64. The van der Waals surface area contributed by atoms with Crippen LogP contribution < -0.4 is 0 Å². The molecule has 1 fully saturated rings. The molecular weight excluding hydrogens is 152 g/mol. The molecule has 0 bridgehead atoms. The van der Waals surface area contributed by atoms with E-state index in [1.807, 2.05) is 0 Å². The Morgan fingerprint density at radius 3 is 1.64 bits per heavy atom. The minimum atomic E-state index is -0.954. The maximum absolute atomic E-state index is 10.2. The van der Waals surface area contributed by atoms with Gasteiger partial charge in [-0.05, 0) is 6.42 Å². The third-order valence-corrected chi connectivity index (χ3v) is 1.99. The first-order chi connectivity index (χ1) is 5.13. The van der Waals surface area contributed by atoms with E-state index in [4.69, 9.17) is 0 Å². The number of rotatable bonds is 2. The van der Waals surface area contributed by atoms with E-state index < -0.39 is 21.9 Å². The van der Waals surface area contributed by atoms with E-state index in [9.17, 15) is 20.2 Å². The van der Waals surface area contributed by atoms with E-state index >= 15 is 0 Å². The van der Waals surface area contributed by atoms with Crippen LogP contribution in [0.2, 0.25) is 0 Å². The molecule has 1 saturated carbocycles. The summed E-state index contributed by atoms with van der Waals surface area (Å²) in [5.74, 6) is 0. The topological polar surface area (TPSA) is 86.3 Å². The van der Waals surface area contributed by atoms with Crippen LogP contribution in [0.1, 0.15) is 19.3 Å². The third kappa shape index (κ3) is 1.44. The van der Waals surface area contributed by atoms with E-state index in [1.54, 1.807) is 0 Å². The molecule has 0 radical (unpaired) electrons. The Morgan fingerprint density at radius 2 is 1.36 bits per heavy atom. The van der Waals surface area contributed by atoms with Crippen molar-refractivity contribution in [1.82, 2.24) is 0 Å². The zero-order valence-electron chi connectivity index (χ0n) is 5.80. The predicted octanol–water partition coefficient (Wildman–Crippen LogP) is 0.461. The van der Waals surface area contributed by atoms with Gasteiger partial charge in [-0.1, -0.05) is 0 Å². The second kappa shape index (κ2) is 2.81. The highest BCUT2D eigenvalue weighted by Gasteiger charge is 2.44. The van der Waals surface area contributed by atoms with Gasteiger partial charge in [-0.25, -0.2) is 0 Å². The molecule has 6 heteroatoms. The van der Waals surface area contributed by atoms with E-state index in [0.717, 1.165) is 0 Å². The minimum absolute atomic E-state index is 0.346. The van der Waals surface area contributed by atoms with Crippen molar-refractivity contribution in [2.75, 3.05) is 0 Å². The molecule has 0 aromatic carbocycles. The molecule has 6 nitrogen and oxygen atoms in total. The van der Waals surface area contributed by atoms with Gasteiger partial charge in [-0.3, -0.25) is 20.2 Å². The maximum Gasteiger partial charge on any atom is 0.279 e. The van der Waals surface area contributed by atoms with Crippen LogP contribution in [0.5, 0.6) is 0 Å². The fourth-order valence-electron chi connectivity index (χ4n) is 1.41. The summed E-state index contributed by atoms with van der Waals surface area (Å²) in [7, 11) is 0. The number of hydrogen-bond acceptors (Lipinski definition) is 4. The second-order valence-electron chi connectivity index (χ2n) is 2.64. The summed E-state index contributed by atoms with van der Waals surface area (Å²) in [6.07, 6.45) is 1.29. The van der Waals surface area contributed by atoms with Gasteiger partial charge in [0.05, 0.1) is 0 Å². The SMILES string of the molecule is O=[N+]([O-])C1CCCC1[N+](=O)[O-]. The highest BCUT2D eigenvalue weighted by atomic mass is 16.6.